The highest BCUT2D eigenvalue weighted by atomic mass is 35.5. The smallest absolute Gasteiger partial charge is 0.258 e. The first-order valence-corrected chi connectivity index (χ1v) is 9.59. The van der Waals surface area contributed by atoms with E-state index in [1.54, 1.807) is 16.9 Å². The summed E-state index contributed by atoms with van der Waals surface area (Å²) in [5.74, 6) is -0.697. The van der Waals surface area contributed by atoms with Crippen molar-refractivity contribution in [3.05, 3.63) is 76.8 Å². The number of hydrogen-bond acceptors (Lipinski definition) is 3. The Morgan fingerprint density at radius 1 is 1.18 bits per heavy atom. The molecule has 2 aromatic carbocycles. The average Bonchev–Trinajstić information content (AvgIpc) is 3.35. The third-order valence-corrected chi connectivity index (χ3v) is 5.17. The molecule has 2 heterocycles. The standard InChI is InChI=1S/C21H20ClFN4O/c22-20-6-2-1-5-15(20)13-27-14-16(12-24-27)21(28)25-18-9-17(23)10-19(11-18)26-7-3-4-8-26/h1-2,5-6,9-12,14H,3-4,7-8,13H2,(H,25,28). The van der Waals surface area contributed by atoms with Crippen LogP contribution in [0.25, 0.3) is 0 Å². The van der Waals surface area contributed by atoms with Gasteiger partial charge in [-0.3, -0.25) is 9.48 Å². The van der Waals surface area contributed by atoms with E-state index in [4.69, 9.17) is 11.6 Å². The molecule has 1 saturated heterocycles. The van der Waals surface area contributed by atoms with E-state index in [9.17, 15) is 9.18 Å². The Balaban J connectivity index is 1.47. The number of benzene rings is 2. The Hall–Kier alpha value is -2.86. The van der Waals surface area contributed by atoms with E-state index in [-0.39, 0.29) is 11.7 Å². The van der Waals surface area contributed by atoms with E-state index < -0.39 is 0 Å². The van der Waals surface area contributed by atoms with Crippen LogP contribution >= 0.6 is 11.6 Å². The highest BCUT2D eigenvalue weighted by Gasteiger charge is 2.16. The van der Waals surface area contributed by atoms with Crippen LogP contribution in [0, 0.1) is 5.82 Å². The molecule has 1 aromatic heterocycles. The normalized spacial score (nSPS) is 13.7. The van der Waals surface area contributed by atoms with Gasteiger partial charge in [0.1, 0.15) is 5.82 Å². The zero-order valence-corrected chi connectivity index (χ0v) is 16.0. The van der Waals surface area contributed by atoms with Gasteiger partial charge in [-0.1, -0.05) is 29.8 Å². The van der Waals surface area contributed by atoms with Crippen molar-refractivity contribution >= 4 is 28.9 Å². The van der Waals surface area contributed by atoms with Crippen LogP contribution in [-0.4, -0.2) is 28.8 Å². The number of halogens is 2. The van der Waals surface area contributed by atoms with Crippen LogP contribution in [0.5, 0.6) is 0 Å². The summed E-state index contributed by atoms with van der Waals surface area (Å²) in [5.41, 5.74) is 2.55. The SMILES string of the molecule is O=C(Nc1cc(F)cc(N2CCCC2)c1)c1cnn(Cc2ccccc2Cl)c1. The minimum atomic E-state index is -0.367. The molecular weight excluding hydrogens is 379 g/mol. The molecule has 0 unspecified atom stereocenters. The van der Waals surface area contributed by atoms with Crippen LogP contribution in [-0.2, 0) is 6.54 Å². The molecule has 0 radical (unpaired) electrons. The number of rotatable bonds is 5. The van der Waals surface area contributed by atoms with Gasteiger partial charge in [0.25, 0.3) is 5.91 Å². The van der Waals surface area contributed by atoms with Crippen molar-refractivity contribution in [1.29, 1.82) is 0 Å². The minimum Gasteiger partial charge on any atom is -0.371 e. The number of amides is 1. The predicted octanol–water partition coefficient (Wildman–Crippen LogP) is 4.58. The summed E-state index contributed by atoms with van der Waals surface area (Å²) in [7, 11) is 0. The maximum Gasteiger partial charge on any atom is 0.258 e. The third-order valence-electron chi connectivity index (χ3n) is 4.80. The number of carbonyl (C=O) groups is 1. The molecule has 1 fully saturated rings. The first kappa shape index (κ1) is 18.5. The van der Waals surface area contributed by atoms with E-state index in [0.29, 0.717) is 22.8 Å². The van der Waals surface area contributed by atoms with Gasteiger partial charge in [-0.2, -0.15) is 5.10 Å². The highest BCUT2D eigenvalue weighted by molar-refractivity contribution is 6.31. The molecule has 5 nitrogen and oxygen atoms in total. The van der Waals surface area contributed by atoms with Gasteiger partial charge < -0.3 is 10.2 Å². The van der Waals surface area contributed by atoms with E-state index in [1.165, 1.54) is 18.3 Å². The van der Waals surface area contributed by atoms with Crippen LogP contribution in [0.1, 0.15) is 28.8 Å². The molecule has 0 saturated carbocycles. The van der Waals surface area contributed by atoms with Gasteiger partial charge in [0.05, 0.1) is 18.3 Å². The Kier molecular flexibility index (Phi) is 5.30. The first-order chi connectivity index (χ1) is 13.6. The summed E-state index contributed by atoms with van der Waals surface area (Å²) in [4.78, 5) is 14.7. The molecule has 7 heteroatoms. The van der Waals surface area contributed by atoms with Crippen molar-refractivity contribution in [2.45, 2.75) is 19.4 Å². The van der Waals surface area contributed by atoms with Gasteiger partial charge in [0.15, 0.2) is 0 Å². The fourth-order valence-electron chi connectivity index (χ4n) is 3.38. The Morgan fingerprint density at radius 3 is 2.75 bits per heavy atom. The Bertz CT molecular complexity index is 998. The maximum absolute atomic E-state index is 14.0. The molecule has 1 aliphatic rings. The minimum absolute atomic E-state index is 0.330. The van der Waals surface area contributed by atoms with E-state index >= 15 is 0 Å². The summed E-state index contributed by atoms with van der Waals surface area (Å²) >= 11 is 6.17. The zero-order chi connectivity index (χ0) is 19.5. The van der Waals surface area contributed by atoms with Crippen LogP contribution in [0.2, 0.25) is 5.02 Å². The lowest BCUT2D eigenvalue weighted by atomic mass is 10.2. The molecular formula is C21H20ClFN4O. The van der Waals surface area contributed by atoms with Crippen molar-refractivity contribution in [3.8, 4) is 0 Å². The maximum atomic E-state index is 14.0. The van der Waals surface area contributed by atoms with Crippen LogP contribution < -0.4 is 10.2 Å². The summed E-state index contributed by atoms with van der Waals surface area (Å²) in [5, 5.41) is 7.65. The number of nitrogens with one attached hydrogen (secondary N) is 1. The summed E-state index contributed by atoms with van der Waals surface area (Å²) < 4.78 is 15.7. The first-order valence-electron chi connectivity index (χ1n) is 9.21. The van der Waals surface area contributed by atoms with Gasteiger partial charge in [-0.15, -0.1) is 0 Å². The quantitative estimate of drug-likeness (QED) is 0.684. The molecule has 1 N–H and O–H groups in total. The topological polar surface area (TPSA) is 50.2 Å². The van der Waals surface area contributed by atoms with Crippen molar-refractivity contribution in [2.24, 2.45) is 0 Å². The molecule has 144 valence electrons. The third kappa shape index (κ3) is 4.17. The monoisotopic (exact) mass is 398 g/mol. The second-order valence-corrected chi connectivity index (χ2v) is 7.27. The molecule has 3 aromatic rings. The van der Waals surface area contributed by atoms with Crippen molar-refractivity contribution in [1.82, 2.24) is 9.78 Å². The summed E-state index contributed by atoms with van der Waals surface area (Å²) in [6, 6.07) is 12.1. The lowest BCUT2D eigenvalue weighted by Crippen LogP contribution is -2.18. The largest absolute Gasteiger partial charge is 0.371 e. The van der Waals surface area contributed by atoms with Crippen LogP contribution in [0.4, 0.5) is 15.8 Å². The fraction of sp³-hybridized carbons (Fsp3) is 0.238. The average molecular weight is 399 g/mol. The predicted molar refractivity (Wildman–Crippen MR) is 109 cm³/mol. The molecule has 28 heavy (non-hydrogen) atoms. The second kappa shape index (κ2) is 8.02. The number of aromatic nitrogens is 2. The van der Waals surface area contributed by atoms with E-state index in [0.717, 1.165) is 37.2 Å². The van der Waals surface area contributed by atoms with Crippen LogP contribution in [0.15, 0.2) is 54.9 Å². The van der Waals surface area contributed by atoms with Gasteiger partial charge >= 0.3 is 0 Å². The van der Waals surface area contributed by atoms with Gasteiger partial charge in [0.2, 0.25) is 0 Å². The van der Waals surface area contributed by atoms with E-state index in [1.807, 2.05) is 24.3 Å². The van der Waals surface area contributed by atoms with Gasteiger partial charge in [0, 0.05) is 35.7 Å². The molecule has 0 aliphatic carbocycles. The number of anilines is 2. The molecule has 4 rings (SSSR count). The molecule has 0 bridgehead atoms. The summed E-state index contributed by atoms with van der Waals surface area (Å²) in [6.45, 7) is 2.28. The highest BCUT2D eigenvalue weighted by Crippen LogP contribution is 2.25. The second-order valence-electron chi connectivity index (χ2n) is 6.86. The van der Waals surface area contributed by atoms with Gasteiger partial charge in [-0.05, 0) is 42.7 Å². The van der Waals surface area contributed by atoms with Crippen molar-refractivity contribution < 1.29 is 9.18 Å². The molecule has 0 atom stereocenters. The number of carbonyl (C=O) groups excluding carboxylic acids is 1. The van der Waals surface area contributed by atoms with E-state index in [2.05, 4.69) is 15.3 Å². The number of hydrogen-bond donors (Lipinski definition) is 1. The summed E-state index contributed by atoms with van der Waals surface area (Å²) in [6.07, 6.45) is 5.35. The molecule has 1 aliphatic heterocycles. The lowest BCUT2D eigenvalue weighted by molar-refractivity contribution is 0.102. The van der Waals surface area contributed by atoms with Crippen molar-refractivity contribution in [3.63, 3.8) is 0 Å². The van der Waals surface area contributed by atoms with Crippen molar-refractivity contribution in [2.75, 3.05) is 23.3 Å². The Morgan fingerprint density at radius 2 is 1.96 bits per heavy atom. The zero-order valence-electron chi connectivity index (χ0n) is 15.2. The van der Waals surface area contributed by atoms with Gasteiger partial charge in [-0.25, -0.2) is 4.39 Å². The number of nitrogens with zero attached hydrogens (tertiary/aromatic N) is 3. The Labute approximate surface area is 167 Å². The molecule has 1 amide bonds. The lowest BCUT2D eigenvalue weighted by Gasteiger charge is -2.18. The molecule has 0 spiro atoms. The fourth-order valence-corrected chi connectivity index (χ4v) is 3.57. The van der Waals surface area contributed by atoms with Crippen LogP contribution in [0.3, 0.4) is 0 Å².